The van der Waals surface area contributed by atoms with Gasteiger partial charge in [-0.05, 0) is 37.3 Å². The molecule has 0 amide bonds. The number of sulfonamides is 1. The van der Waals surface area contributed by atoms with Crippen LogP contribution in [-0.2, 0) is 10.0 Å². The summed E-state index contributed by atoms with van der Waals surface area (Å²) in [5, 5.41) is 0. The fraction of sp³-hybridized carbons (Fsp3) is 0.176. The summed E-state index contributed by atoms with van der Waals surface area (Å²) in [4.78, 5) is 0.232. The average Bonchev–Trinajstić information content (AvgIpc) is 2.51. The number of nitrogens with one attached hydrogen (secondary N) is 1. The predicted molar refractivity (Wildman–Crippen MR) is 93.8 cm³/mol. The Morgan fingerprint density at radius 2 is 1.87 bits per heavy atom. The fourth-order valence-corrected chi connectivity index (χ4v) is 3.02. The zero-order valence-electron chi connectivity index (χ0n) is 12.5. The third-order valence-electron chi connectivity index (χ3n) is 2.91. The Bertz CT molecular complexity index is 821. The molecule has 0 atom stereocenters. The second kappa shape index (κ2) is 8.16. The highest BCUT2D eigenvalue weighted by Crippen LogP contribution is 2.17. The minimum Gasteiger partial charge on any atom is -0.481 e. The van der Waals surface area contributed by atoms with E-state index in [1.807, 2.05) is 31.2 Å². The Morgan fingerprint density at radius 1 is 1.13 bits per heavy atom. The van der Waals surface area contributed by atoms with Crippen LogP contribution in [0.3, 0.4) is 0 Å². The zero-order chi connectivity index (χ0) is 16.7. The largest absolute Gasteiger partial charge is 0.481 e. The molecular weight excluding hydrogens is 378 g/mol. The molecule has 2 aromatic rings. The first kappa shape index (κ1) is 17.5. The topological polar surface area (TPSA) is 55.4 Å². The third-order valence-corrected chi connectivity index (χ3v) is 4.82. The molecule has 6 heteroatoms. The first-order chi connectivity index (χ1) is 11.0. The summed E-state index contributed by atoms with van der Waals surface area (Å²) < 4.78 is 32.8. The molecule has 0 spiro atoms. The van der Waals surface area contributed by atoms with Gasteiger partial charge in [-0.2, -0.15) is 4.72 Å². The Kier molecular flexibility index (Phi) is 6.22. The molecule has 1 N–H and O–H groups in total. The monoisotopic (exact) mass is 393 g/mol. The summed E-state index contributed by atoms with van der Waals surface area (Å²) in [7, 11) is -3.52. The molecule has 0 saturated carbocycles. The van der Waals surface area contributed by atoms with Crippen molar-refractivity contribution >= 4 is 26.0 Å². The highest BCUT2D eigenvalue weighted by atomic mass is 79.9. The van der Waals surface area contributed by atoms with Crippen molar-refractivity contribution < 1.29 is 13.2 Å². The lowest BCUT2D eigenvalue weighted by atomic mass is 10.2. The van der Waals surface area contributed by atoms with E-state index in [0.29, 0.717) is 5.75 Å². The molecule has 0 bridgehead atoms. The number of halogens is 1. The van der Waals surface area contributed by atoms with Crippen molar-refractivity contribution in [2.24, 2.45) is 0 Å². The van der Waals surface area contributed by atoms with Crippen molar-refractivity contribution in [1.82, 2.24) is 4.72 Å². The van der Waals surface area contributed by atoms with Crippen molar-refractivity contribution in [3.8, 4) is 17.6 Å². The highest BCUT2D eigenvalue weighted by molar-refractivity contribution is 9.10. The molecular formula is C17H16BrNO3S. The van der Waals surface area contributed by atoms with Crippen LogP contribution in [0.4, 0.5) is 0 Å². The molecule has 0 heterocycles. The standard InChI is InChI=1S/C17H16BrNO3S/c1-14-7-9-17(10-8-14)23(20,21)19-11-2-3-12-22-16-6-4-5-15(18)13-16/h4-10,13,19H,11-12H2,1H3. The first-order valence-corrected chi connectivity index (χ1v) is 9.15. The van der Waals surface area contributed by atoms with Crippen LogP contribution in [0.5, 0.6) is 5.75 Å². The second-order valence-electron chi connectivity index (χ2n) is 4.74. The van der Waals surface area contributed by atoms with Gasteiger partial charge < -0.3 is 4.74 Å². The number of ether oxygens (including phenoxy) is 1. The van der Waals surface area contributed by atoms with Gasteiger partial charge in [-0.3, -0.25) is 0 Å². The van der Waals surface area contributed by atoms with Crippen LogP contribution in [0.2, 0.25) is 0 Å². The van der Waals surface area contributed by atoms with Crippen LogP contribution in [0.25, 0.3) is 0 Å². The molecule has 0 aromatic heterocycles. The molecule has 0 unspecified atom stereocenters. The minimum atomic E-state index is -3.52. The van der Waals surface area contributed by atoms with E-state index in [-0.39, 0.29) is 18.0 Å². The van der Waals surface area contributed by atoms with Crippen LogP contribution in [0.1, 0.15) is 5.56 Å². The van der Waals surface area contributed by atoms with Gasteiger partial charge >= 0.3 is 0 Å². The summed E-state index contributed by atoms with van der Waals surface area (Å²) in [5.41, 5.74) is 1.01. The van der Waals surface area contributed by atoms with Gasteiger partial charge in [0, 0.05) is 4.47 Å². The van der Waals surface area contributed by atoms with Gasteiger partial charge in [-0.15, -0.1) is 0 Å². The molecule has 0 aliphatic carbocycles. The Hall–Kier alpha value is -1.81. The lowest BCUT2D eigenvalue weighted by molar-refractivity contribution is 0.370. The smallest absolute Gasteiger partial charge is 0.241 e. The van der Waals surface area contributed by atoms with Crippen LogP contribution >= 0.6 is 15.9 Å². The number of rotatable bonds is 5. The van der Waals surface area contributed by atoms with Gasteiger partial charge in [0.15, 0.2) is 0 Å². The fourth-order valence-electron chi connectivity index (χ4n) is 1.72. The average molecular weight is 394 g/mol. The van der Waals surface area contributed by atoms with Gasteiger partial charge in [0.25, 0.3) is 0 Å². The molecule has 4 nitrogen and oxygen atoms in total. The quantitative estimate of drug-likeness (QED) is 0.793. The molecule has 23 heavy (non-hydrogen) atoms. The molecule has 0 aliphatic heterocycles. The van der Waals surface area contributed by atoms with Crippen LogP contribution in [0.15, 0.2) is 57.9 Å². The van der Waals surface area contributed by atoms with Crippen LogP contribution < -0.4 is 9.46 Å². The van der Waals surface area contributed by atoms with E-state index in [1.165, 1.54) is 0 Å². The molecule has 2 aromatic carbocycles. The summed E-state index contributed by atoms with van der Waals surface area (Å²) in [6, 6.07) is 14.1. The van der Waals surface area contributed by atoms with Gasteiger partial charge in [0.2, 0.25) is 10.0 Å². The summed E-state index contributed by atoms with van der Waals surface area (Å²) in [6.07, 6.45) is 0. The molecule has 120 valence electrons. The van der Waals surface area contributed by atoms with E-state index >= 15 is 0 Å². The van der Waals surface area contributed by atoms with E-state index in [1.54, 1.807) is 24.3 Å². The van der Waals surface area contributed by atoms with E-state index in [2.05, 4.69) is 32.5 Å². The van der Waals surface area contributed by atoms with Gasteiger partial charge in [-0.1, -0.05) is 51.5 Å². The van der Waals surface area contributed by atoms with E-state index in [9.17, 15) is 8.42 Å². The van der Waals surface area contributed by atoms with E-state index in [0.717, 1.165) is 10.0 Å². The zero-order valence-corrected chi connectivity index (χ0v) is 14.9. The number of hydrogen-bond donors (Lipinski definition) is 1. The Morgan fingerprint density at radius 3 is 2.57 bits per heavy atom. The maximum Gasteiger partial charge on any atom is 0.241 e. The second-order valence-corrected chi connectivity index (χ2v) is 7.42. The number of benzene rings is 2. The number of aryl methyl sites for hydroxylation is 1. The molecule has 0 aliphatic rings. The maximum absolute atomic E-state index is 12.0. The lowest BCUT2D eigenvalue weighted by Crippen LogP contribution is -2.24. The van der Waals surface area contributed by atoms with Crippen LogP contribution in [0, 0.1) is 18.8 Å². The lowest BCUT2D eigenvalue weighted by Gasteiger charge is -2.04. The van der Waals surface area contributed by atoms with Gasteiger partial charge in [0.1, 0.15) is 12.4 Å². The normalized spacial score (nSPS) is 10.7. The van der Waals surface area contributed by atoms with Crippen molar-refractivity contribution in [3.63, 3.8) is 0 Å². The van der Waals surface area contributed by atoms with Gasteiger partial charge in [-0.25, -0.2) is 8.42 Å². The van der Waals surface area contributed by atoms with Crippen molar-refractivity contribution in [2.75, 3.05) is 13.2 Å². The van der Waals surface area contributed by atoms with E-state index in [4.69, 9.17) is 4.74 Å². The highest BCUT2D eigenvalue weighted by Gasteiger charge is 2.11. The number of hydrogen-bond acceptors (Lipinski definition) is 3. The van der Waals surface area contributed by atoms with Gasteiger partial charge in [0.05, 0.1) is 11.4 Å². The molecule has 0 saturated heterocycles. The summed E-state index contributed by atoms with van der Waals surface area (Å²) in [5.74, 6) is 6.21. The predicted octanol–water partition coefficient (Wildman–Crippen LogP) is 3.12. The third kappa shape index (κ3) is 5.71. The van der Waals surface area contributed by atoms with E-state index < -0.39 is 10.0 Å². The van der Waals surface area contributed by atoms with Crippen molar-refractivity contribution in [3.05, 3.63) is 58.6 Å². The maximum atomic E-state index is 12.0. The van der Waals surface area contributed by atoms with Crippen LogP contribution in [-0.4, -0.2) is 21.6 Å². The molecule has 0 radical (unpaired) electrons. The first-order valence-electron chi connectivity index (χ1n) is 6.88. The Labute approximate surface area is 145 Å². The minimum absolute atomic E-state index is 0.0397. The summed E-state index contributed by atoms with van der Waals surface area (Å²) in [6.45, 7) is 2.14. The van der Waals surface area contributed by atoms with Crippen molar-refractivity contribution in [2.45, 2.75) is 11.8 Å². The SMILES string of the molecule is Cc1ccc(S(=O)(=O)NCC#CCOc2cccc(Br)c2)cc1. The summed E-state index contributed by atoms with van der Waals surface area (Å²) >= 11 is 3.35. The molecule has 2 rings (SSSR count). The Balaban J connectivity index is 1.82. The van der Waals surface area contributed by atoms with Crippen molar-refractivity contribution in [1.29, 1.82) is 0 Å². The molecule has 0 fully saturated rings.